The van der Waals surface area contributed by atoms with Crippen molar-refractivity contribution in [2.24, 2.45) is 0 Å². The molecule has 9 heteroatoms. The fourth-order valence-corrected chi connectivity index (χ4v) is 5.30. The van der Waals surface area contributed by atoms with E-state index in [-0.39, 0.29) is 17.6 Å². The number of nitrogens with zero attached hydrogens (tertiary/aromatic N) is 5. The fraction of sp³-hybridized carbons (Fsp3) is 0.462. The number of benzene rings is 2. The van der Waals surface area contributed by atoms with Gasteiger partial charge in [0.2, 0.25) is 11.8 Å². The van der Waals surface area contributed by atoms with E-state index in [1.807, 2.05) is 47.7 Å². The van der Waals surface area contributed by atoms with Gasteiger partial charge in [0.15, 0.2) is 11.0 Å². The Balaban J connectivity index is 1.35. The van der Waals surface area contributed by atoms with Gasteiger partial charge in [-0.15, -0.1) is 10.2 Å². The summed E-state index contributed by atoms with van der Waals surface area (Å²) in [5.41, 5.74) is 1.07. The predicted molar refractivity (Wildman–Crippen MR) is 137 cm³/mol. The van der Waals surface area contributed by atoms with Crippen LogP contribution in [0, 0.1) is 0 Å². The SMILES string of the molecule is CCn1c(CN2CCCCCC2=O)nnc1SCC(=O)N(C)Cc1ccc2cc(OC)ccc2c1. The van der Waals surface area contributed by atoms with Crippen molar-refractivity contribution < 1.29 is 14.3 Å². The van der Waals surface area contributed by atoms with E-state index in [1.165, 1.54) is 11.8 Å². The number of amides is 2. The highest BCUT2D eigenvalue weighted by atomic mass is 32.2. The van der Waals surface area contributed by atoms with Crippen molar-refractivity contribution in [1.82, 2.24) is 24.6 Å². The largest absolute Gasteiger partial charge is 0.497 e. The molecule has 8 nitrogen and oxygen atoms in total. The van der Waals surface area contributed by atoms with Gasteiger partial charge in [-0.05, 0) is 54.3 Å². The van der Waals surface area contributed by atoms with Gasteiger partial charge in [-0.2, -0.15) is 0 Å². The summed E-state index contributed by atoms with van der Waals surface area (Å²) in [6.07, 6.45) is 3.68. The molecule has 1 saturated heterocycles. The minimum Gasteiger partial charge on any atom is -0.497 e. The number of fused-ring (bicyclic) bond motifs is 1. The second-order valence-electron chi connectivity index (χ2n) is 8.85. The summed E-state index contributed by atoms with van der Waals surface area (Å²) in [6, 6.07) is 12.2. The molecule has 0 N–H and O–H groups in total. The number of methoxy groups -OCH3 is 1. The second-order valence-corrected chi connectivity index (χ2v) is 9.80. The zero-order chi connectivity index (χ0) is 24.8. The molecule has 186 valence electrons. The van der Waals surface area contributed by atoms with Crippen LogP contribution in [-0.2, 0) is 29.2 Å². The average Bonchev–Trinajstić information content (AvgIpc) is 3.15. The van der Waals surface area contributed by atoms with Crippen molar-refractivity contribution in [2.45, 2.75) is 57.4 Å². The molecule has 0 radical (unpaired) electrons. The van der Waals surface area contributed by atoms with Crippen molar-refractivity contribution in [2.75, 3.05) is 26.5 Å². The number of hydrogen-bond acceptors (Lipinski definition) is 6. The average molecular weight is 496 g/mol. The van der Waals surface area contributed by atoms with E-state index in [1.54, 1.807) is 12.0 Å². The number of hydrogen-bond donors (Lipinski definition) is 0. The van der Waals surface area contributed by atoms with Gasteiger partial charge < -0.3 is 19.1 Å². The monoisotopic (exact) mass is 495 g/mol. The molecule has 2 amide bonds. The summed E-state index contributed by atoms with van der Waals surface area (Å²) in [6.45, 7) is 4.50. The van der Waals surface area contributed by atoms with Gasteiger partial charge in [0.1, 0.15) is 5.75 Å². The lowest BCUT2D eigenvalue weighted by molar-refractivity contribution is -0.131. The second kappa shape index (κ2) is 11.6. The molecular formula is C26H33N5O3S. The lowest BCUT2D eigenvalue weighted by Crippen LogP contribution is -2.31. The number of carbonyl (C=O) groups excluding carboxylic acids is 2. The fourth-order valence-electron chi connectivity index (χ4n) is 4.33. The van der Waals surface area contributed by atoms with E-state index in [2.05, 4.69) is 22.3 Å². The van der Waals surface area contributed by atoms with Crippen LogP contribution in [0.4, 0.5) is 0 Å². The Bertz CT molecular complexity index is 1190. The number of ether oxygens (including phenoxy) is 1. The molecule has 2 heterocycles. The third kappa shape index (κ3) is 6.14. The summed E-state index contributed by atoms with van der Waals surface area (Å²) in [7, 11) is 3.48. The topological polar surface area (TPSA) is 80.6 Å². The molecule has 35 heavy (non-hydrogen) atoms. The van der Waals surface area contributed by atoms with Crippen LogP contribution >= 0.6 is 11.8 Å². The number of thioether (sulfide) groups is 1. The van der Waals surface area contributed by atoms with E-state index in [0.29, 0.717) is 31.2 Å². The van der Waals surface area contributed by atoms with E-state index < -0.39 is 0 Å². The van der Waals surface area contributed by atoms with E-state index in [0.717, 1.165) is 53.7 Å². The molecule has 1 aliphatic rings. The first kappa shape index (κ1) is 25.0. The Morgan fingerprint density at radius 3 is 2.71 bits per heavy atom. The van der Waals surface area contributed by atoms with E-state index in [9.17, 15) is 9.59 Å². The third-order valence-electron chi connectivity index (χ3n) is 6.40. The summed E-state index contributed by atoms with van der Waals surface area (Å²) in [4.78, 5) is 28.8. The van der Waals surface area contributed by atoms with Crippen molar-refractivity contribution in [3.8, 4) is 5.75 Å². The molecule has 4 rings (SSSR count). The number of likely N-dealkylation sites (tertiary alicyclic amines) is 1. The van der Waals surface area contributed by atoms with Crippen molar-refractivity contribution in [3.05, 3.63) is 47.8 Å². The van der Waals surface area contributed by atoms with Crippen LogP contribution in [0.3, 0.4) is 0 Å². The first-order chi connectivity index (χ1) is 17.0. The molecule has 0 atom stereocenters. The minimum absolute atomic E-state index is 0.0275. The number of carbonyl (C=O) groups is 2. The van der Waals surface area contributed by atoms with Gasteiger partial charge in [0, 0.05) is 33.1 Å². The molecule has 0 saturated carbocycles. The maximum absolute atomic E-state index is 12.9. The quantitative estimate of drug-likeness (QED) is 0.416. The molecular weight excluding hydrogens is 462 g/mol. The van der Waals surface area contributed by atoms with Gasteiger partial charge in [0.05, 0.1) is 19.4 Å². The minimum atomic E-state index is 0.0275. The van der Waals surface area contributed by atoms with Crippen LogP contribution in [0.5, 0.6) is 5.75 Å². The van der Waals surface area contributed by atoms with Crippen LogP contribution in [0.2, 0.25) is 0 Å². The van der Waals surface area contributed by atoms with E-state index in [4.69, 9.17) is 4.74 Å². The normalized spacial score (nSPS) is 14.3. The van der Waals surface area contributed by atoms with Crippen molar-refractivity contribution in [3.63, 3.8) is 0 Å². The number of aromatic nitrogens is 3. The van der Waals surface area contributed by atoms with Crippen LogP contribution in [0.1, 0.15) is 44.0 Å². The van der Waals surface area contributed by atoms with Crippen LogP contribution in [0.25, 0.3) is 10.8 Å². The standard InChI is InChI=1S/C26H33N5O3S/c1-4-31-23(17-30-13-7-5-6-8-24(30)32)27-28-26(31)35-18-25(33)29(2)16-19-9-10-21-15-22(34-3)12-11-20(21)14-19/h9-12,14-15H,4-8,13,16-18H2,1-3H3. The highest BCUT2D eigenvalue weighted by molar-refractivity contribution is 7.99. The molecule has 0 bridgehead atoms. The van der Waals surface area contributed by atoms with Gasteiger partial charge in [0.25, 0.3) is 0 Å². The third-order valence-corrected chi connectivity index (χ3v) is 7.35. The molecule has 1 fully saturated rings. The summed E-state index contributed by atoms with van der Waals surface area (Å²) in [5.74, 6) is 2.10. The molecule has 0 unspecified atom stereocenters. The summed E-state index contributed by atoms with van der Waals surface area (Å²) in [5, 5.41) is 11.6. The van der Waals surface area contributed by atoms with Crippen LogP contribution in [0.15, 0.2) is 41.6 Å². The zero-order valence-corrected chi connectivity index (χ0v) is 21.5. The highest BCUT2D eigenvalue weighted by Gasteiger charge is 2.21. The lowest BCUT2D eigenvalue weighted by Gasteiger charge is -2.20. The van der Waals surface area contributed by atoms with Crippen molar-refractivity contribution >= 4 is 34.3 Å². The Morgan fingerprint density at radius 2 is 1.91 bits per heavy atom. The first-order valence-electron chi connectivity index (χ1n) is 12.1. The van der Waals surface area contributed by atoms with Gasteiger partial charge in [-0.1, -0.05) is 36.4 Å². The van der Waals surface area contributed by atoms with Crippen molar-refractivity contribution in [1.29, 1.82) is 0 Å². The Labute approximate surface area is 210 Å². The Hall–Kier alpha value is -3.07. The van der Waals surface area contributed by atoms with Crippen LogP contribution in [-0.4, -0.2) is 62.8 Å². The van der Waals surface area contributed by atoms with Gasteiger partial charge in [-0.3, -0.25) is 9.59 Å². The first-order valence-corrected chi connectivity index (χ1v) is 13.1. The molecule has 0 spiro atoms. The highest BCUT2D eigenvalue weighted by Crippen LogP contribution is 2.23. The molecule has 3 aromatic rings. The maximum atomic E-state index is 12.9. The predicted octanol–water partition coefficient (Wildman–Crippen LogP) is 4.11. The van der Waals surface area contributed by atoms with E-state index >= 15 is 0 Å². The smallest absolute Gasteiger partial charge is 0.233 e. The molecule has 2 aromatic carbocycles. The Kier molecular flexibility index (Phi) is 8.28. The number of rotatable bonds is 9. The Morgan fingerprint density at radius 1 is 1.11 bits per heavy atom. The molecule has 0 aliphatic carbocycles. The van der Waals surface area contributed by atoms with Gasteiger partial charge >= 0.3 is 0 Å². The zero-order valence-electron chi connectivity index (χ0n) is 20.7. The summed E-state index contributed by atoms with van der Waals surface area (Å²) >= 11 is 1.39. The lowest BCUT2D eigenvalue weighted by atomic mass is 10.1. The molecule has 1 aromatic heterocycles. The van der Waals surface area contributed by atoms with Gasteiger partial charge in [-0.25, -0.2) is 0 Å². The van der Waals surface area contributed by atoms with Crippen LogP contribution < -0.4 is 4.74 Å². The summed E-state index contributed by atoms with van der Waals surface area (Å²) < 4.78 is 7.30. The molecule has 1 aliphatic heterocycles. The maximum Gasteiger partial charge on any atom is 0.233 e.